The highest BCUT2D eigenvalue weighted by molar-refractivity contribution is 6.05. The average molecular weight is 366 g/mol. The molecule has 0 saturated heterocycles. The Labute approximate surface area is 157 Å². The lowest BCUT2D eigenvalue weighted by Gasteiger charge is -2.12. The van der Waals surface area contributed by atoms with Crippen molar-refractivity contribution in [3.63, 3.8) is 0 Å². The van der Waals surface area contributed by atoms with E-state index in [1.54, 1.807) is 18.2 Å². The number of furan rings is 1. The average Bonchev–Trinajstić information content (AvgIpc) is 3.11. The first-order chi connectivity index (χ1) is 13.0. The fourth-order valence-corrected chi connectivity index (χ4v) is 2.67. The number of hydrogen-bond donors (Lipinski definition) is 1. The van der Waals surface area contributed by atoms with Crippen molar-refractivity contribution in [2.45, 2.75) is 33.2 Å². The summed E-state index contributed by atoms with van der Waals surface area (Å²) < 4.78 is 10.9. The predicted octanol–water partition coefficient (Wildman–Crippen LogP) is 3.87. The Balaban J connectivity index is 1.88. The minimum absolute atomic E-state index is 0.0340. The van der Waals surface area contributed by atoms with E-state index in [-0.39, 0.29) is 18.6 Å². The lowest BCUT2D eigenvalue weighted by atomic mass is 10.1. The molecule has 0 saturated carbocycles. The summed E-state index contributed by atoms with van der Waals surface area (Å²) in [5.74, 6) is 0.433. The number of ether oxygens (including phenoxy) is 1. The van der Waals surface area contributed by atoms with Crippen LogP contribution in [0.5, 0.6) is 0 Å². The molecule has 3 aromatic rings. The zero-order valence-corrected chi connectivity index (χ0v) is 15.6. The molecule has 1 N–H and O–H groups in total. The highest BCUT2D eigenvalue weighted by Crippen LogP contribution is 2.26. The van der Waals surface area contributed by atoms with Gasteiger partial charge in [-0.2, -0.15) is 0 Å². The number of amides is 1. The number of hydrogen-bond acceptors (Lipinski definition) is 5. The number of pyridine rings is 1. The van der Waals surface area contributed by atoms with E-state index in [0.717, 1.165) is 12.2 Å². The molecule has 0 spiro atoms. The van der Waals surface area contributed by atoms with E-state index in [9.17, 15) is 9.59 Å². The van der Waals surface area contributed by atoms with Crippen LogP contribution in [-0.4, -0.2) is 29.5 Å². The van der Waals surface area contributed by atoms with Crippen LogP contribution in [0.15, 0.2) is 46.9 Å². The van der Waals surface area contributed by atoms with Crippen LogP contribution in [0.3, 0.4) is 0 Å². The Morgan fingerprint density at radius 2 is 2.00 bits per heavy atom. The van der Waals surface area contributed by atoms with Crippen LogP contribution in [0.4, 0.5) is 0 Å². The third-order valence-corrected chi connectivity index (χ3v) is 4.28. The summed E-state index contributed by atoms with van der Waals surface area (Å²) in [5, 5.41) is 3.43. The van der Waals surface area contributed by atoms with Gasteiger partial charge in [0.1, 0.15) is 11.5 Å². The van der Waals surface area contributed by atoms with Gasteiger partial charge in [-0.25, -0.2) is 9.78 Å². The minimum atomic E-state index is -0.572. The lowest BCUT2D eigenvalue weighted by Crippen LogP contribution is -2.35. The molecule has 0 aliphatic rings. The maximum Gasteiger partial charge on any atom is 0.339 e. The molecule has 140 valence electrons. The molecule has 0 aliphatic carbocycles. The second kappa shape index (κ2) is 8.03. The van der Waals surface area contributed by atoms with Crippen LogP contribution in [0.25, 0.3) is 22.4 Å². The normalized spacial score (nSPS) is 12.0. The van der Waals surface area contributed by atoms with Crippen LogP contribution in [-0.2, 0) is 9.53 Å². The SMILES string of the molecule is CC[C@@H](C)NC(=O)COC(=O)c1cc(-c2ccc(C)o2)nc2ccccc12. The van der Waals surface area contributed by atoms with Crippen molar-refractivity contribution in [3.05, 3.63) is 53.8 Å². The summed E-state index contributed by atoms with van der Waals surface area (Å²) in [6.07, 6.45) is 0.806. The van der Waals surface area contributed by atoms with Crippen LogP contribution in [0.2, 0.25) is 0 Å². The van der Waals surface area contributed by atoms with Crippen molar-refractivity contribution in [2.75, 3.05) is 6.61 Å². The Morgan fingerprint density at radius 1 is 1.22 bits per heavy atom. The number of para-hydroxylation sites is 1. The van der Waals surface area contributed by atoms with Gasteiger partial charge in [-0.15, -0.1) is 0 Å². The first-order valence-electron chi connectivity index (χ1n) is 8.91. The molecule has 0 fully saturated rings. The molecule has 0 aliphatic heterocycles. The number of rotatable bonds is 6. The number of aryl methyl sites for hydroxylation is 1. The van der Waals surface area contributed by atoms with Gasteiger partial charge in [0.25, 0.3) is 5.91 Å². The second-order valence-corrected chi connectivity index (χ2v) is 6.44. The number of carbonyl (C=O) groups excluding carboxylic acids is 2. The second-order valence-electron chi connectivity index (χ2n) is 6.44. The standard InChI is InChI=1S/C21H22N2O4/c1-4-13(2)22-20(24)12-26-21(25)16-11-18(19-10-9-14(3)27-19)23-17-8-6-5-7-15(16)17/h5-11,13H,4,12H2,1-3H3,(H,22,24)/t13-/m1/s1. The van der Waals surface area contributed by atoms with Crippen LogP contribution in [0, 0.1) is 6.92 Å². The van der Waals surface area contributed by atoms with Crippen molar-refractivity contribution in [1.82, 2.24) is 10.3 Å². The fraction of sp³-hybridized carbons (Fsp3) is 0.286. The molecule has 27 heavy (non-hydrogen) atoms. The molecule has 2 heterocycles. The molecule has 1 atom stereocenters. The van der Waals surface area contributed by atoms with Gasteiger partial charge in [-0.05, 0) is 44.5 Å². The van der Waals surface area contributed by atoms with E-state index in [2.05, 4.69) is 10.3 Å². The summed E-state index contributed by atoms with van der Waals surface area (Å²) in [6, 6.07) is 12.6. The summed E-state index contributed by atoms with van der Waals surface area (Å²) in [7, 11) is 0. The third kappa shape index (κ3) is 4.34. The van der Waals surface area contributed by atoms with Gasteiger partial charge < -0.3 is 14.5 Å². The number of benzene rings is 1. The summed E-state index contributed by atoms with van der Waals surface area (Å²) >= 11 is 0. The first kappa shape index (κ1) is 18.6. The Hall–Kier alpha value is -3.15. The van der Waals surface area contributed by atoms with Crippen molar-refractivity contribution in [2.24, 2.45) is 0 Å². The van der Waals surface area contributed by atoms with E-state index >= 15 is 0 Å². The number of nitrogens with one attached hydrogen (secondary N) is 1. The molecule has 1 aromatic carbocycles. The summed E-state index contributed by atoms with van der Waals surface area (Å²) in [5.41, 5.74) is 1.54. The summed E-state index contributed by atoms with van der Waals surface area (Å²) in [4.78, 5) is 29.1. The lowest BCUT2D eigenvalue weighted by molar-refractivity contribution is -0.124. The van der Waals surface area contributed by atoms with Crippen LogP contribution in [0.1, 0.15) is 36.4 Å². The van der Waals surface area contributed by atoms with Crippen molar-refractivity contribution < 1.29 is 18.7 Å². The van der Waals surface area contributed by atoms with Gasteiger partial charge in [0, 0.05) is 11.4 Å². The molecule has 0 unspecified atom stereocenters. The largest absolute Gasteiger partial charge is 0.460 e. The highest BCUT2D eigenvalue weighted by Gasteiger charge is 2.18. The molecule has 0 bridgehead atoms. The highest BCUT2D eigenvalue weighted by atomic mass is 16.5. The number of fused-ring (bicyclic) bond motifs is 1. The van der Waals surface area contributed by atoms with Gasteiger partial charge >= 0.3 is 5.97 Å². The predicted molar refractivity (Wildman–Crippen MR) is 102 cm³/mol. The zero-order valence-electron chi connectivity index (χ0n) is 15.6. The fourth-order valence-electron chi connectivity index (χ4n) is 2.67. The van der Waals surface area contributed by atoms with Gasteiger partial charge in [0.2, 0.25) is 0 Å². The molecule has 2 aromatic heterocycles. The molecular formula is C21H22N2O4. The molecular weight excluding hydrogens is 344 g/mol. The molecule has 3 rings (SSSR count). The number of esters is 1. The Morgan fingerprint density at radius 3 is 2.70 bits per heavy atom. The van der Waals surface area contributed by atoms with E-state index in [0.29, 0.717) is 27.9 Å². The molecule has 6 nitrogen and oxygen atoms in total. The van der Waals surface area contributed by atoms with Crippen molar-refractivity contribution in [3.8, 4) is 11.5 Å². The van der Waals surface area contributed by atoms with Gasteiger partial charge in [0.15, 0.2) is 12.4 Å². The van der Waals surface area contributed by atoms with Gasteiger partial charge in [-0.1, -0.05) is 25.1 Å². The first-order valence-corrected chi connectivity index (χ1v) is 8.91. The Kier molecular flexibility index (Phi) is 5.54. The van der Waals surface area contributed by atoms with Crippen LogP contribution < -0.4 is 5.32 Å². The van der Waals surface area contributed by atoms with E-state index in [4.69, 9.17) is 9.15 Å². The maximum absolute atomic E-state index is 12.6. The number of carbonyl (C=O) groups is 2. The number of aromatic nitrogens is 1. The zero-order chi connectivity index (χ0) is 19.4. The topological polar surface area (TPSA) is 81.4 Å². The smallest absolute Gasteiger partial charge is 0.339 e. The maximum atomic E-state index is 12.6. The molecule has 0 radical (unpaired) electrons. The molecule has 1 amide bonds. The Bertz CT molecular complexity index is 977. The number of nitrogens with zero attached hydrogens (tertiary/aromatic N) is 1. The van der Waals surface area contributed by atoms with E-state index in [1.807, 2.05) is 45.0 Å². The monoisotopic (exact) mass is 366 g/mol. The van der Waals surface area contributed by atoms with E-state index in [1.165, 1.54) is 0 Å². The quantitative estimate of drug-likeness (QED) is 0.670. The van der Waals surface area contributed by atoms with Crippen molar-refractivity contribution >= 4 is 22.8 Å². The minimum Gasteiger partial charge on any atom is -0.460 e. The molecule has 6 heteroatoms. The third-order valence-electron chi connectivity index (χ3n) is 4.28. The van der Waals surface area contributed by atoms with E-state index < -0.39 is 5.97 Å². The van der Waals surface area contributed by atoms with Crippen LogP contribution >= 0.6 is 0 Å². The summed E-state index contributed by atoms with van der Waals surface area (Å²) in [6.45, 7) is 5.39. The van der Waals surface area contributed by atoms with Crippen molar-refractivity contribution in [1.29, 1.82) is 0 Å². The van der Waals surface area contributed by atoms with Gasteiger partial charge in [0.05, 0.1) is 11.1 Å². The van der Waals surface area contributed by atoms with Gasteiger partial charge in [-0.3, -0.25) is 4.79 Å².